The molecule has 2 heterocycles. The first kappa shape index (κ1) is 15.5. The van der Waals surface area contributed by atoms with Gasteiger partial charge < -0.3 is 4.57 Å². The van der Waals surface area contributed by atoms with Crippen LogP contribution in [0.25, 0.3) is 33.5 Å². The number of hydrogen-bond acceptors (Lipinski definition) is 2. The zero-order valence-corrected chi connectivity index (χ0v) is 14.0. The number of nitrogens with zero attached hydrogens (tertiary/aromatic N) is 3. The molecule has 0 spiro atoms. The minimum absolute atomic E-state index is 0.305. The van der Waals surface area contributed by atoms with Gasteiger partial charge in [0.05, 0.1) is 17.6 Å². The second kappa shape index (κ2) is 6.48. The first-order valence-corrected chi connectivity index (χ1v) is 8.31. The molecule has 0 unspecified atom stereocenters. The lowest BCUT2D eigenvalue weighted by atomic mass is 10.1. The van der Waals surface area contributed by atoms with Crippen LogP contribution in [0.3, 0.4) is 0 Å². The van der Waals surface area contributed by atoms with Crippen LogP contribution in [-0.2, 0) is 6.54 Å². The highest BCUT2D eigenvalue weighted by Crippen LogP contribution is 2.27. The normalized spacial score (nSPS) is 11.1. The van der Waals surface area contributed by atoms with Gasteiger partial charge in [-0.2, -0.15) is 0 Å². The van der Waals surface area contributed by atoms with Gasteiger partial charge in [-0.1, -0.05) is 42.5 Å². The van der Waals surface area contributed by atoms with Crippen LogP contribution in [-0.4, -0.2) is 21.2 Å². The Morgan fingerprint density at radius 2 is 1.60 bits per heavy atom. The van der Waals surface area contributed by atoms with E-state index < -0.39 is 6.67 Å². The zero-order valence-electron chi connectivity index (χ0n) is 14.0. The molecule has 0 saturated carbocycles. The topological polar surface area (TPSA) is 30.7 Å². The SMILES string of the molecule is Cc1ccc(-c2ccc(-c3nc4ccccc4n3CCF)cc2)cn1. The van der Waals surface area contributed by atoms with Gasteiger partial charge in [-0.05, 0) is 30.7 Å². The van der Waals surface area contributed by atoms with Crippen molar-refractivity contribution in [2.45, 2.75) is 13.5 Å². The molecule has 25 heavy (non-hydrogen) atoms. The summed E-state index contributed by atoms with van der Waals surface area (Å²) in [5.41, 5.74) is 6.01. The quantitative estimate of drug-likeness (QED) is 0.524. The third kappa shape index (κ3) is 2.91. The predicted octanol–water partition coefficient (Wildman–Crippen LogP) is 5.04. The summed E-state index contributed by atoms with van der Waals surface area (Å²) in [5, 5.41) is 0. The molecule has 0 aliphatic carbocycles. The number of halogens is 1. The molecule has 2 aromatic heterocycles. The maximum absolute atomic E-state index is 13.0. The Morgan fingerprint density at radius 3 is 2.32 bits per heavy atom. The van der Waals surface area contributed by atoms with Crippen LogP contribution in [0.5, 0.6) is 0 Å². The van der Waals surface area contributed by atoms with E-state index in [1.54, 1.807) is 0 Å². The second-order valence-electron chi connectivity index (χ2n) is 6.03. The van der Waals surface area contributed by atoms with Crippen LogP contribution in [0.2, 0.25) is 0 Å². The van der Waals surface area contributed by atoms with E-state index in [1.807, 2.05) is 60.2 Å². The van der Waals surface area contributed by atoms with Gasteiger partial charge in [0.2, 0.25) is 0 Å². The molecule has 4 rings (SSSR count). The monoisotopic (exact) mass is 331 g/mol. The average Bonchev–Trinajstić information content (AvgIpc) is 3.02. The summed E-state index contributed by atoms with van der Waals surface area (Å²) < 4.78 is 15.0. The summed E-state index contributed by atoms with van der Waals surface area (Å²) in [6.07, 6.45) is 1.88. The van der Waals surface area contributed by atoms with Crippen molar-refractivity contribution in [3.05, 3.63) is 72.6 Å². The summed E-state index contributed by atoms with van der Waals surface area (Å²) in [6.45, 7) is 1.86. The lowest BCUT2D eigenvalue weighted by Crippen LogP contribution is -2.02. The number of para-hydroxylation sites is 2. The van der Waals surface area contributed by atoms with Gasteiger partial charge in [0.25, 0.3) is 0 Å². The van der Waals surface area contributed by atoms with Gasteiger partial charge in [0, 0.05) is 23.0 Å². The van der Waals surface area contributed by atoms with Crippen molar-refractivity contribution < 1.29 is 4.39 Å². The van der Waals surface area contributed by atoms with Crippen molar-refractivity contribution in [1.82, 2.24) is 14.5 Å². The van der Waals surface area contributed by atoms with Crippen molar-refractivity contribution in [3.63, 3.8) is 0 Å². The number of alkyl halides is 1. The maximum Gasteiger partial charge on any atom is 0.141 e. The fourth-order valence-electron chi connectivity index (χ4n) is 3.06. The average molecular weight is 331 g/mol. The van der Waals surface area contributed by atoms with Gasteiger partial charge in [-0.15, -0.1) is 0 Å². The molecule has 4 heteroatoms. The van der Waals surface area contributed by atoms with Crippen molar-refractivity contribution in [1.29, 1.82) is 0 Å². The van der Waals surface area contributed by atoms with Gasteiger partial charge >= 0.3 is 0 Å². The number of hydrogen-bond donors (Lipinski definition) is 0. The lowest BCUT2D eigenvalue weighted by molar-refractivity contribution is 0.451. The van der Waals surface area contributed by atoms with Crippen LogP contribution < -0.4 is 0 Å². The number of pyridine rings is 1. The summed E-state index contributed by atoms with van der Waals surface area (Å²) in [5.74, 6) is 0.799. The van der Waals surface area contributed by atoms with E-state index in [1.165, 1.54) is 0 Å². The predicted molar refractivity (Wildman–Crippen MR) is 99.1 cm³/mol. The highest BCUT2D eigenvalue weighted by Gasteiger charge is 2.12. The largest absolute Gasteiger partial charge is 0.321 e. The molecule has 0 amide bonds. The van der Waals surface area contributed by atoms with Crippen molar-refractivity contribution >= 4 is 11.0 Å². The standard InChI is InChI=1S/C21H18FN3/c1-15-6-7-18(14-23-15)16-8-10-17(11-9-16)21-24-19-4-2-3-5-20(19)25(21)13-12-22/h2-11,14H,12-13H2,1H3. The Balaban J connectivity index is 1.76. The van der Waals surface area contributed by atoms with Gasteiger partial charge in [-0.3, -0.25) is 4.98 Å². The molecule has 0 radical (unpaired) electrons. The number of imidazole rings is 1. The molecule has 3 nitrogen and oxygen atoms in total. The van der Waals surface area contributed by atoms with Crippen molar-refractivity contribution in [2.75, 3.05) is 6.67 Å². The highest BCUT2D eigenvalue weighted by molar-refractivity contribution is 5.81. The van der Waals surface area contributed by atoms with E-state index in [4.69, 9.17) is 4.98 Å². The van der Waals surface area contributed by atoms with E-state index >= 15 is 0 Å². The van der Waals surface area contributed by atoms with Crippen LogP contribution >= 0.6 is 0 Å². The van der Waals surface area contributed by atoms with Gasteiger partial charge in [-0.25, -0.2) is 9.37 Å². The molecule has 0 N–H and O–H groups in total. The van der Waals surface area contributed by atoms with E-state index in [2.05, 4.69) is 23.2 Å². The minimum atomic E-state index is -0.416. The smallest absolute Gasteiger partial charge is 0.141 e. The van der Waals surface area contributed by atoms with Gasteiger partial charge in [0.15, 0.2) is 0 Å². The number of benzene rings is 2. The lowest BCUT2D eigenvalue weighted by Gasteiger charge is -2.08. The maximum atomic E-state index is 13.0. The fourth-order valence-corrected chi connectivity index (χ4v) is 3.06. The van der Waals surface area contributed by atoms with Crippen molar-refractivity contribution in [2.24, 2.45) is 0 Å². The fraction of sp³-hybridized carbons (Fsp3) is 0.143. The van der Waals surface area contributed by atoms with E-state index in [0.717, 1.165) is 39.2 Å². The van der Waals surface area contributed by atoms with Crippen LogP contribution in [0.4, 0.5) is 4.39 Å². The van der Waals surface area contributed by atoms with E-state index in [0.29, 0.717) is 6.54 Å². The summed E-state index contributed by atoms with van der Waals surface area (Å²) in [4.78, 5) is 9.04. The zero-order chi connectivity index (χ0) is 17.2. The van der Waals surface area contributed by atoms with E-state index in [9.17, 15) is 4.39 Å². The Labute approximate surface area is 145 Å². The van der Waals surface area contributed by atoms with Crippen LogP contribution in [0.1, 0.15) is 5.69 Å². The molecule has 2 aromatic carbocycles. The highest BCUT2D eigenvalue weighted by atomic mass is 19.1. The molecule has 0 fully saturated rings. The molecular weight excluding hydrogens is 313 g/mol. The summed E-state index contributed by atoms with van der Waals surface area (Å²) >= 11 is 0. The van der Waals surface area contributed by atoms with E-state index in [-0.39, 0.29) is 0 Å². The van der Waals surface area contributed by atoms with Crippen LogP contribution in [0.15, 0.2) is 66.9 Å². The Bertz CT molecular complexity index is 1000. The Kier molecular flexibility index (Phi) is 4.02. The molecular formula is C21H18FN3. The number of fused-ring (bicyclic) bond motifs is 1. The second-order valence-corrected chi connectivity index (χ2v) is 6.03. The first-order chi connectivity index (χ1) is 12.3. The van der Waals surface area contributed by atoms with Gasteiger partial charge in [0.1, 0.15) is 12.5 Å². The third-order valence-electron chi connectivity index (χ3n) is 4.35. The number of aromatic nitrogens is 3. The first-order valence-electron chi connectivity index (χ1n) is 8.31. The number of aryl methyl sites for hydroxylation is 2. The molecule has 0 atom stereocenters. The molecule has 0 saturated heterocycles. The summed E-state index contributed by atoms with van der Waals surface area (Å²) in [6, 6.07) is 20.1. The van der Waals surface area contributed by atoms with Crippen molar-refractivity contribution in [3.8, 4) is 22.5 Å². The molecule has 0 aliphatic heterocycles. The molecule has 124 valence electrons. The number of rotatable bonds is 4. The summed E-state index contributed by atoms with van der Waals surface area (Å²) in [7, 11) is 0. The minimum Gasteiger partial charge on any atom is -0.321 e. The molecule has 0 aliphatic rings. The Hall–Kier alpha value is -3.01. The third-order valence-corrected chi connectivity index (χ3v) is 4.35. The molecule has 0 bridgehead atoms. The Morgan fingerprint density at radius 1 is 0.880 bits per heavy atom. The molecule has 4 aromatic rings. The van der Waals surface area contributed by atoms with Crippen LogP contribution in [0, 0.1) is 6.92 Å².